The van der Waals surface area contributed by atoms with Crippen LogP contribution in [0.15, 0.2) is 109 Å². The number of hydrogen-bond donors (Lipinski definition) is 2. The van der Waals surface area contributed by atoms with Crippen LogP contribution < -0.4 is 11.5 Å². The summed E-state index contributed by atoms with van der Waals surface area (Å²) in [6.07, 6.45) is 0. The molecule has 0 bridgehead atoms. The first-order valence-corrected chi connectivity index (χ1v) is 9.29. The summed E-state index contributed by atoms with van der Waals surface area (Å²) in [5, 5.41) is 0. The van der Waals surface area contributed by atoms with Crippen LogP contribution in [0.2, 0.25) is 0 Å². The van der Waals surface area contributed by atoms with Gasteiger partial charge in [-0.2, -0.15) is 0 Å². The van der Waals surface area contributed by atoms with Crippen molar-refractivity contribution in [3.63, 3.8) is 0 Å². The third-order valence-electron chi connectivity index (χ3n) is 4.73. The molecule has 0 aromatic heterocycles. The molecular weight excluding hydrogens is 340 g/mol. The summed E-state index contributed by atoms with van der Waals surface area (Å²) in [7, 11) is 0. The lowest BCUT2D eigenvalue weighted by atomic mass is 9.85. The lowest BCUT2D eigenvalue weighted by molar-refractivity contribution is 1.50. The van der Waals surface area contributed by atoms with Crippen LogP contribution in [0.4, 0.5) is 11.4 Å². The van der Waals surface area contributed by atoms with Gasteiger partial charge in [0.15, 0.2) is 0 Å². The van der Waals surface area contributed by atoms with E-state index >= 15 is 0 Å². The number of nitrogens with two attached hydrogens (primary N) is 2. The fourth-order valence-electron chi connectivity index (χ4n) is 3.51. The van der Waals surface area contributed by atoms with Crippen molar-refractivity contribution in [3.05, 3.63) is 131 Å². The normalized spacial score (nSPS) is 10.4. The van der Waals surface area contributed by atoms with Gasteiger partial charge >= 0.3 is 0 Å². The molecule has 4 N–H and O–H groups in total. The van der Waals surface area contributed by atoms with Gasteiger partial charge in [-0.15, -0.1) is 0 Å². The monoisotopic (exact) mass is 362 g/mol. The molecule has 0 radical (unpaired) electrons. The molecule has 0 amide bonds. The molecule has 0 aliphatic carbocycles. The Kier molecular flexibility index (Phi) is 4.94. The Balaban J connectivity index is 2.12. The highest BCUT2D eigenvalue weighted by molar-refractivity contribution is 6.05. The lowest BCUT2D eigenvalue weighted by Gasteiger charge is -2.18. The van der Waals surface area contributed by atoms with E-state index in [4.69, 9.17) is 11.5 Å². The summed E-state index contributed by atoms with van der Waals surface area (Å²) in [6, 6.07) is 36.9. The molecule has 0 spiro atoms. The number of nitrogen functional groups attached to an aromatic ring is 2. The number of benzene rings is 4. The van der Waals surface area contributed by atoms with Crippen molar-refractivity contribution >= 4 is 22.5 Å². The molecule has 0 fully saturated rings. The van der Waals surface area contributed by atoms with Crippen LogP contribution in [0.3, 0.4) is 0 Å². The predicted molar refractivity (Wildman–Crippen MR) is 120 cm³/mol. The number of anilines is 2. The van der Waals surface area contributed by atoms with Gasteiger partial charge in [-0.25, -0.2) is 0 Å². The van der Waals surface area contributed by atoms with Crippen molar-refractivity contribution in [2.75, 3.05) is 11.5 Å². The number of hydrogen-bond acceptors (Lipinski definition) is 2. The van der Waals surface area contributed by atoms with Gasteiger partial charge in [-0.05, 0) is 57.7 Å². The number of rotatable bonds is 4. The maximum atomic E-state index is 6.13. The van der Waals surface area contributed by atoms with Gasteiger partial charge in [-0.3, -0.25) is 0 Å². The first-order valence-electron chi connectivity index (χ1n) is 9.29. The van der Waals surface area contributed by atoms with Crippen molar-refractivity contribution < 1.29 is 0 Å². The zero-order chi connectivity index (χ0) is 19.3. The van der Waals surface area contributed by atoms with E-state index in [-0.39, 0.29) is 0 Å². The zero-order valence-corrected chi connectivity index (χ0v) is 15.5. The van der Waals surface area contributed by atoms with E-state index in [1.165, 1.54) is 0 Å². The second-order valence-electron chi connectivity index (χ2n) is 6.73. The highest BCUT2D eigenvalue weighted by atomic mass is 14.5. The Bertz CT molecular complexity index is 1020. The summed E-state index contributed by atoms with van der Waals surface area (Å²) >= 11 is 0. The Hall–Kier alpha value is -3.78. The van der Waals surface area contributed by atoms with Crippen molar-refractivity contribution in [1.29, 1.82) is 0 Å². The molecular formula is C26H22N2. The summed E-state index contributed by atoms with van der Waals surface area (Å²) in [4.78, 5) is 0. The zero-order valence-electron chi connectivity index (χ0n) is 15.5. The van der Waals surface area contributed by atoms with Crippen LogP contribution in [0.1, 0.15) is 22.3 Å². The fourth-order valence-corrected chi connectivity index (χ4v) is 3.51. The van der Waals surface area contributed by atoms with E-state index in [2.05, 4.69) is 60.7 Å². The molecule has 4 aromatic rings. The molecule has 4 aromatic carbocycles. The Morgan fingerprint density at radius 3 is 1.14 bits per heavy atom. The molecule has 0 unspecified atom stereocenters. The molecule has 0 saturated heterocycles. The Labute approximate surface area is 165 Å². The predicted octanol–water partition coefficient (Wildman–Crippen LogP) is 5.86. The minimum atomic E-state index is 0.736. The van der Waals surface area contributed by atoms with Gasteiger partial charge in [0, 0.05) is 11.4 Å². The minimum absolute atomic E-state index is 0.736. The molecule has 0 aliphatic heterocycles. The topological polar surface area (TPSA) is 52.0 Å². The minimum Gasteiger partial charge on any atom is -0.399 e. The van der Waals surface area contributed by atoms with Crippen molar-refractivity contribution in [2.24, 2.45) is 0 Å². The Morgan fingerprint density at radius 2 is 0.750 bits per heavy atom. The summed E-state index contributed by atoms with van der Waals surface area (Å²) in [5.41, 5.74) is 20.4. The van der Waals surface area contributed by atoms with Crippen molar-refractivity contribution in [1.82, 2.24) is 0 Å². The largest absolute Gasteiger partial charge is 0.399 e. The highest BCUT2D eigenvalue weighted by Gasteiger charge is 2.16. The van der Waals surface area contributed by atoms with E-state index in [1.807, 2.05) is 48.5 Å². The summed E-state index contributed by atoms with van der Waals surface area (Å²) < 4.78 is 0. The van der Waals surface area contributed by atoms with E-state index in [0.29, 0.717) is 0 Å². The molecule has 0 aliphatic rings. The maximum absolute atomic E-state index is 6.13. The SMILES string of the molecule is Nc1cccc(C(=C(c2ccccc2)c2ccccc2)c2cccc(N)c2)c1. The first-order chi connectivity index (χ1) is 13.7. The third kappa shape index (κ3) is 3.67. The highest BCUT2D eigenvalue weighted by Crippen LogP contribution is 2.37. The molecule has 0 saturated carbocycles. The average Bonchev–Trinajstić information content (AvgIpc) is 2.73. The summed E-state index contributed by atoms with van der Waals surface area (Å²) in [5.74, 6) is 0. The van der Waals surface area contributed by atoms with Crippen LogP contribution in [0.25, 0.3) is 11.1 Å². The van der Waals surface area contributed by atoms with Crippen LogP contribution in [-0.4, -0.2) is 0 Å². The van der Waals surface area contributed by atoms with Gasteiger partial charge in [0.1, 0.15) is 0 Å². The second-order valence-corrected chi connectivity index (χ2v) is 6.73. The standard InChI is InChI=1S/C26H22N2/c27-23-15-7-13-21(17-23)26(22-14-8-16-24(28)18-22)25(19-9-3-1-4-10-19)20-11-5-2-6-12-20/h1-18H,27-28H2. The maximum Gasteiger partial charge on any atom is 0.0320 e. The van der Waals surface area contributed by atoms with Crippen LogP contribution >= 0.6 is 0 Å². The molecule has 4 rings (SSSR count). The lowest BCUT2D eigenvalue weighted by Crippen LogP contribution is -1.99. The molecule has 2 nitrogen and oxygen atoms in total. The fraction of sp³-hybridized carbons (Fsp3) is 0. The first kappa shape index (κ1) is 17.6. The Morgan fingerprint density at radius 1 is 0.393 bits per heavy atom. The molecule has 28 heavy (non-hydrogen) atoms. The van der Waals surface area contributed by atoms with E-state index in [1.54, 1.807) is 0 Å². The smallest absolute Gasteiger partial charge is 0.0320 e. The quantitative estimate of drug-likeness (QED) is 0.353. The van der Waals surface area contributed by atoms with Crippen molar-refractivity contribution in [2.45, 2.75) is 0 Å². The van der Waals surface area contributed by atoms with Crippen LogP contribution in [-0.2, 0) is 0 Å². The third-order valence-corrected chi connectivity index (χ3v) is 4.73. The van der Waals surface area contributed by atoms with Gasteiger partial charge < -0.3 is 11.5 Å². The van der Waals surface area contributed by atoms with Crippen molar-refractivity contribution in [3.8, 4) is 0 Å². The van der Waals surface area contributed by atoms with Crippen LogP contribution in [0, 0.1) is 0 Å². The molecule has 2 heteroatoms. The van der Waals surface area contributed by atoms with Crippen LogP contribution in [0.5, 0.6) is 0 Å². The van der Waals surface area contributed by atoms with Gasteiger partial charge in [-0.1, -0.05) is 84.9 Å². The average molecular weight is 362 g/mol. The van der Waals surface area contributed by atoms with Gasteiger partial charge in [0.2, 0.25) is 0 Å². The second kappa shape index (κ2) is 7.85. The van der Waals surface area contributed by atoms with E-state index in [9.17, 15) is 0 Å². The molecule has 136 valence electrons. The van der Waals surface area contributed by atoms with E-state index < -0.39 is 0 Å². The molecule has 0 atom stereocenters. The summed E-state index contributed by atoms with van der Waals surface area (Å²) in [6.45, 7) is 0. The molecule has 0 heterocycles. The van der Waals surface area contributed by atoms with E-state index in [0.717, 1.165) is 44.8 Å². The van der Waals surface area contributed by atoms with Gasteiger partial charge in [0.05, 0.1) is 0 Å². The van der Waals surface area contributed by atoms with Gasteiger partial charge in [0.25, 0.3) is 0 Å².